The molecule has 134 valence electrons. The maximum absolute atomic E-state index is 12.7. The van der Waals surface area contributed by atoms with Gasteiger partial charge in [0, 0.05) is 24.5 Å². The molecule has 1 aromatic carbocycles. The first-order valence-electron chi connectivity index (χ1n) is 9.08. The van der Waals surface area contributed by atoms with Crippen molar-refractivity contribution in [2.24, 2.45) is 0 Å². The normalized spacial score (nSPS) is 14.7. The second-order valence-corrected chi connectivity index (χ2v) is 7.57. The molecule has 1 amide bonds. The Morgan fingerprint density at radius 3 is 2.60 bits per heavy atom. The molecular formula is C20H27N3OS. The minimum absolute atomic E-state index is 0.165. The van der Waals surface area contributed by atoms with Crippen LogP contribution in [0.3, 0.4) is 0 Å². The van der Waals surface area contributed by atoms with Crippen molar-refractivity contribution >= 4 is 17.2 Å². The van der Waals surface area contributed by atoms with E-state index < -0.39 is 0 Å². The SMILES string of the molecule is O=C(CNCCN1CCCC1)N(Cc1ccccc1)Cc1cccs1. The van der Waals surface area contributed by atoms with Crippen LogP contribution in [0, 0.1) is 0 Å². The van der Waals surface area contributed by atoms with Gasteiger partial charge in [-0.1, -0.05) is 36.4 Å². The number of nitrogens with one attached hydrogen (secondary N) is 1. The minimum Gasteiger partial charge on any atom is -0.332 e. The molecule has 5 heteroatoms. The van der Waals surface area contributed by atoms with Gasteiger partial charge in [-0.05, 0) is 42.9 Å². The predicted octanol–water partition coefficient (Wildman–Crippen LogP) is 2.96. The van der Waals surface area contributed by atoms with Crippen LogP contribution in [0.5, 0.6) is 0 Å². The monoisotopic (exact) mass is 357 g/mol. The van der Waals surface area contributed by atoms with Crippen molar-refractivity contribution in [3.63, 3.8) is 0 Å². The summed E-state index contributed by atoms with van der Waals surface area (Å²) in [5.41, 5.74) is 1.17. The Kier molecular flexibility index (Phi) is 7.03. The number of thiophene rings is 1. The highest BCUT2D eigenvalue weighted by Crippen LogP contribution is 2.14. The summed E-state index contributed by atoms with van der Waals surface area (Å²) in [5, 5.41) is 5.39. The first-order valence-corrected chi connectivity index (χ1v) is 9.96. The molecule has 1 N–H and O–H groups in total. The molecule has 1 aromatic heterocycles. The average Bonchev–Trinajstić information content (AvgIpc) is 3.33. The highest BCUT2D eigenvalue weighted by molar-refractivity contribution is 7.09. The molecule has 2 aromatic rings. The van der Waals surface area contributed by atoms with Crippen molar-refractivity contribution in [2.75, 3.05) is 32.7 Å². The second kappa shape index (κ2) is 9.70. The molecule has 0 radical (unpaired) electrons. The fraction of sp³-hybridized carbons (Fsp3) is 0.450. The van der Waals surface area contributed by atoms with E-state index in [-0.39, 0.29) is 5.91 Å². The molecule has 0 spiro atoms. The Morgan fingerprint density at radius 2 is 1.88 bits per heavy atom. The lowest BCUT2D eigenvalue weighted by molar-refractivity contribution is -0.131. The third kappa shape index (κ3) is 5.96. The molecule has 1 fully saturated rings. The fourth-order valence-electron chi connectivity index (χ4n) is 3.18. The number of carbonyl (C=O) groups excluding carboxylic acids is 1. The summed E-state index contributed by atoms with van der Waals surface area (Å²) in [6.07, 6.45) is 2.62. The van der Waals surface area contributed by atoms with Crippen molar-refractivity contribution in [3.8, 4) is 0 Å². The first kappa shape index (κ1) is 18.1. The van der Waals surface area contributed by atoms with Crippen molar-refractivity contribution in [1.82, 2.24) is 15.1 Å². The third-order valence-electron chi connectivity index (χ3n) is 4.58. The Morgan fingerprint density at radius 1 is 1.08 bits per heavy atom. The smallest absolute Gasteiger partial charge is 0.237 e. The van der Waals surface area contributed by atoms with Crippen LogP contribution in [0.4, 0.5) is 0 Å². The Hall–Kier alpha value is -1.69. The molecule has 0 bridgehead atoms. The summed E-state index contributed by atoms with van der Waals surface area (Å²) in [7, 11) is 0. The zero-order chi connectivity index (χ0) is 17.3. The quantitative estimate of drug-likeness (QED) is 0.701. The van der Waals surface area contributed by atoms with Gasteiger partial charge in [-0.15, -0.1) is 11.3 Å². The van der Waals surface area contributed by atoms with Gasteiger partial charge in [0.25, 0.3) is 0 Å². The number of hydrogen-bond acceptors (Lipinski definition) is 4. The van der Waals surface area contributed by atoms with E-state index in [1.54, 1.807) is 11.3 Å². The molecule has 2 heterocycles. The highest BCUT2D eigenvalue weighted by Gasteiger charge is 2.15. The first-order chi connectivity index (χ1) is 12.3. The van der Waals surface area contributed by atoms with E-state index >= 15 is 0 Å². The maximum atomic E-state index is 12.7. The molecule has 1 saturated heterocycles. The van der Waals surface area contributed by atoms with E-state index in [0.717, 1.165) is 13.1 Å². The van der Waals surface area contributed by atoms with Crippen molar-refractivity contribution in [2.45, 2.75) is 25.9 Å². The van der Waals surface area contributed by atoms with E-state index in [4.69, 9.17) is 0 Å². The van der Waals surface area contributed by atoms with Crippen LogP contribution in [0.1, 0.15) is 23.3 Å². The maximum Gasteiger partial charge on any atom is 0.237 e. The van der Waals surface area contributed by atoms with Crippen LogP contribution < -0.4 is 5.32 Å². The van der Waals surface area contributed by atoms with Crippen LogP contribution in [0.2, 0.25) is 0 Å². The molecule has 25 heavy (non-hydrogen) atoms. The molecule has 0 unspecified atom stereocenters. The summed E-state index contributed by atoms with van der Waals surface area (Å²) in [6.45, 7) is 6.07. The lowest BCUT2D eigenvalue weighted by Crippen LogP contribution is -2.39. The van der Waals surface area contributed by atoms with E-state index in [2.05, 4.69) is 33.8 Å². The van der Waals surface area contributed by atoms with Crippen LogP contribution in [0.15, 0.2) is 47.8 Å². The lowest BCUT2D eigenvalue weighted by Gasteiger charge is -2.23. The summed E-state index contributed by atoms with van der Waals surface area (Å²) in [5.74, 6) is 0.165. The summed E-state index contributed by atoms with van der Waals surface area (Å²) in [4.78, 5) is 18.4. The van der Waals surface area contributed by atoms with Crippen LogP contribution in [-0.4, -0.2) is 48.4 Å². The molecular weight excluding hydrogens is 330 g/mol. The highest BCUT2D eigenvalue weighted by atomic mass is 32.1. The number of rotatable bonds is 9. The standard InChI is InChI=1S/C20H27N3OS/c24-20(15-21-10-13-22-11-4-5-12-22)23(17-19-9-6-14-25-19)16-18-7-2-1-3-8-18/h1-3,6-9,14,21H,4-5,10-13,15-17H2. The van der Waals surface area contributed by atoms with Crippen LogP contribution in [-0.2, 0) is 17.9 Å². The van der Waals surface area contributed by atoms with Gasteiger partial charge in [0.05, 0.1) is 13.1 Å². The molecule has 0 aliphatic carbocycles. The zero-order valence-electron chi connectivity index (χ0n) is 14.7. The van der Waals surface area contributed by atoms with Gasteiger partial charge >= 0.3 is 0 Å². The van der Waals surface area contributed by atoms with E-state index in [0.29, 0.717) is 19.6 Å². The van der Waals surface area contributed by atoms with Gasteiger partial charge < -0.3 is 15.1 Å². The number of hydrogen-bond donors (Lipinski definition) is 1. The molecule has 3 rings (SSSR count). The van der Waals surface area contributed by atoms with Gasteiger partial charge in [-0.3, -0.25) is 4.79 Å². The van der Waals surface area contributed by atoms with Gasteiger partial charge in [0.2, 0.25) is 5.91 Å². The van der Waals surface area contributed by atoms with Gasteiger partial charge in [-0.2, -0.15) is 0 Å². The molecule has 1 aliphatic heterocycles. The summed E-state index contributed by atoms with van der Waals surface area (Å²) < 4.78 is 0. The third-order valence-corrected chi connectivity index (χ3v) is 5.44. The number of carbonyl (C=O) groups is 1. The molecule has 0 atom stereocenters. The summed E-state index contributed by atoms with van der Waals surface area (Å²) >= 11 is 1.70. The predicted molar refractivity (Wildman–Crippen MR) is 104 cm³/mol. The topological polar surface area (TPSA) is 35.6 Å². The van der Waals surface area contributed by atoms with Gasteiger partial charge in [-0.25, -0.2) is 0 Å². The molecule has 4 nitrogen and oxygen atoms in total. The Labute approximate surface area is 154 Å². The number of amides is 1. The molecule has 0 saturated carbocycles. The number of benzene rings is 1. The van der Waals surface area contributed by atoms with Crippen molar-refractivity contribution < 1.29 is 4.79 Å². The van der Waals surface area contributed by atoms with Gasteiger partial charge in [0.15, 0.2) is 0 Å². The minimum atomic E-state index is 0.165. The van der Waals surface area contributed by atoms with E-state index in [1.165, 1.54) is 36.4 Å². The number of nitrogens with zero attached hydrogens (tertiary/aromatic N) is 2. The fourth-order valence-corrected chi connectivity index (χ4v) is 3.90. The van der Waals surface area contributed by atoms with E-state index in [9.17, 15) is 4.79 Å². The van der Waals surface area contributed by atoms with Crippen LogP contribution >= 0.6 is 11.3 Å². The van der Waals surface area contributed by atoms with Crippen molar-refractivity contribution in [3.05, 3.63) is 58.3 Å². The molecule has 1 aliphatic rings. The lowest BCUT2D eigenvalue weighted by atomic mass is 10.2. The average molecular weight is 358 g/mol. The largest absolute Gasteiger partial charge is 0.332 e. The van der Waals surface area contributed by atoms with Crippen LogP contribution in [0.25, 0.3) is 0 Å². The Bertz CT molecular complexity index is 624. The Balaban J connectivity index is 1.50. The van der Waals surface area contributed by atoms with Gasteiger partial charge in [0.1, 0.15) is 0 Å². The second-order valence-electron chi connectivity index (χ2n) is 6.54. The number of likely N-dealkylation sites (tertiary alicyclic amines) is 1. The summed E-state index contributed by atoms with van der Waals surface area (Å²) in [6, 6.07) is 14.4. The van der Waals surface area contributed by atoms with Crippen molar-refractivity contribution in [1.29, 1.82) is 0 Å². The van der Waals surface area contributed by atoms with E-state index in [1.807, 2.05) is 29.2 Å². The zero-order valence-corrected chi connectivity index (χ0v) is 15.5.